The highest BCUT2D eigenvalue weighted by Gasteiger charge is 2.02. The van der Waals surface area contributed by atoms with Gasteiger partial charge in [0.15, 0.2) is 0 Å². The zero-order valence-corrected chi connectivity index (χ0v) is 8.56. The van der Waals surface area contributed by atoms with E-state index in [4.69, 9.17) is 0 Å². The van der Waals surface area contributed by atoms with Gasteiger partial charge in [-0.3, -0.25) is 0 Å². The summed E-state index contributed by atoms with van der Waals surface area (Å²) in [4.78, 5) is 0.898. The summed E-state index contributed by atoms with van der Waals surface area (Å²) >= 11 is 1.52. The molecule has 0 fully saturated rings. The lowest BCUT2D eigenvalue weighted by Gasteiger charge is -1.96. The molecule has 1 unspecified atom stereocenters. The molecular formula is C11H12OS. The Morgan fingerprint density at radius 1 is 1.62 bits per heavy atom. The van der Waals surface area contributed by atoms with Crippen molar-refractivity contribution >= 4 is 11.3 Å². The molecule has 0 aliphatic carbocycles. The third-order valence-corrected chi connectivity index (χ3v) is 2.32. The average Bonchev–Trinajstić information content (AvgIpc) is 2.55. The van der Waals surface area contributed by atoms with Crippen LogP contribution in [0.2, 0.25) is 0 Å². The van der Waals surface area contributed by atoms with Crippen LogP contribution in [-0.2, 0) is 0 Å². The van der Waals surface area contributed by atoms with Gasteiger partial charge in [-0.1, -0.05) is 23.5 Å². The fourth-order valence-corrected chi connectivity index (χ4v) is 1.44. The Morgan fingerprint density at radius 2 is 2.38 bits per heavy atom. The van der Waals surface area contributed by atoms with Gasteiger partial charge in [-0.2, -0.15) is 0 Å². The van der Waals surface area contributed by atoms with Crippen molar-refractivity contribution in [3.8, 4) is 11.8 Å². The molecule has 0 aliphatic rings. The smallest absolute Gasteiger partial charge is 0.149 e. The largest absolute Gasteiger partial charge is 0.375 e. The Morgan fingerprint density at radius 3 is 2.92 bits per heavy atom. The van der Waals surface area contributed by atoms with Crippen LogP contribution in [0.5, 0.6) is 0 Å². The number of hydrogen-bond donors (Lipinski definition) is 1. The van der Waals surface area contributed by atoms with Gasteiger partial charge in [-0.05, 0) is 31.4 Å². The molecule has 1 aromatic rings. The van der Waals surface area contributed by atoms with Crippen LogP contribution >= 0.6 is 11.3 Å². The van der Waals surface area contributed by atoms with Crippen molar-refractivity contribution in [1.82, 2.24) is 0 Å². The molecule has 1 rings (SSSR count). The molecule has 1 N–H and O–H groups in total. The van der Waals surface area contributed by atoms with Crippen LogP contribution in [-0.4, -0.2) is 5.11 Å². The van der Waals surface area contributed by atoms with Crippen molar-refractivity contribution in [3.63, 3.8) is 0 Å². The maximum absolute atomic E-state index is 9.53. The molecule has 0 radical (unpaired) electrons. The predicted molar refractivity (Wildman–Crippen MR) is 56.5 cm³/mol. The minimum atomic E-state index is -0.643. The summed E-state index contributed by atoms with van der Waals surface area (Å²) in [6.07, 6.45) is 1.16. The number of hydrogen-bond acceptors (Lipinski definition) is 2. The van der Waals surface area contributed by atoms with Gasteiger partial charge < -0.3 is 5.11 Å². The molecule has 2 heteroatoms. The van der Waals surface area contributed by atoms with Crippen LogP contribution in [0.25, 0.3) is 0 Å². The Labute approximate surface area is 82.7 Å². The van der Waals surface area contributed by atoms with Gasteiger partial charge in [0.2, 0.25) is 0 Å². The summed E-state index contributed by atoms with van der Waals surface area (Å²) in [6, 6.07) is 3.79. The molecule has 13 heavy (non-hydrogen) atoms. The van der Waals surface area contributed by atoms with Crippen LogP contribution in [0.15, 0.2) is 29.2 Å². The topological polar surface area (TPSA) is 20.2 Å². The van der Waals surface area contributed by atoms with Crippen molar-refractivity contribution < 1.29 is 5.11 Å². The summed E-state index contributed by atoms with van der Waals surface area (Å²) in [5.74, 6) is 5.57. The van der Waals surface area contributed by atoms with Gasteiger partial charge in [0.25, 0.3) is 0 Å². The Bertz CT molecular complexity index is 334. The van der Waals surface area contributed by atoms with E-state index in [1.165, 1.54) is 11.3 Å². The first-order valence-electron chi connectivity index (χ1n) is 4.06. The van der Waals surface area contributed by atoms with E-state index in [9.17, 15) is 5.11 Å². The minimum Gasteiger partial charge on any atom is -0.375 e. The Kier molecular flexibility index (Phi) is 3.75. The molecule has 0 saturated heterocycles. The lowest BCUT2D eigenvalue weighted by molar-refractivity contribution is 0.242. The van der Waals surface area contributed by atoms with E-state index >= 15 is 0 Å². The summed E-state index contributed by atoms with van der Waals surface area (Å²) in [7, 11) is 0. The van der Waals surface area contributed by atoms with Crippen molar-refractivity contribution in [1.29, 1.82) is 0 Å². The average molecular weight is 192 g/mol. The molecule has 1 nitrogen and oxygen atoms in total. The summed E-state index contributed by atoms with van der Waals surface area (Å²) in [6.45, 7) is 3.96. The molecule has 0 saturated carbocycles. The highest BCUT2D eigenvalue weighted by atomic mass is 32.1. The number of aliphatic hydroxyl groups is 1. The molecule has 1 atom stereocenters. The zero-order chi connectivity index (χ0) is 9.68. The lowest BCUT2D eigenvalue weighted by atomic mass is 10.3. The van der Waals surface area contributed by atoms with E-state index in [1.54, 1.807) is 6.08 Å². The standard InChI is InChI=1S/C11H12OS/c1-9(2)5-3-6-10(12)11-7-4-8-13-11/h4-5,7-8,10,12H,1-2H3. The highest BCUT2D eigenvalue weighted by Crippen LogP contribution is 2.17. The van der Waals surface area contributed by atoms with Crippen molar-refractivity contribution in [3.05, 3.63) is 34.0 Å². The van der Waals surface area contributed by atoms with Crippen molar-refractivity contribution in [2.45, 2.75) is 20.0 Å². The van der Waals surface area contributed by atoms with Gasteiger partial charge in [0.1, 0.15) is 6.10 Å². The Hall–Kier alpha value is -1.04. The molecule has 1 aromatic heterocycles. The maximum atomic E-state index is 9.53. The third-order valence-electron chi connectivity index (χ3n) is 1.39. The Balaban J connectivity index is 2.64. The van der Waals surface area contributed by atoms with Gasteiger partial charge in [0.05, 0.1) is 0 Å². The molecular weight excluding hydrogens is 180 g/mol. The van der Waals surface area contributed by atoms with Crippen LogP contribution in [0.4, 0.5) is 0 Å². The molecule has 0 amide bonds. The second-order valence-electron chi connectivity index (χ2n) is 2.93. The molecule has 0 aromatic carbocycles. The van der Waals surface area contributed by atoms with E-state index in [1.807, 2.05) is 31.4 Å². The minimum absolute atomic E-state index is 0.643. The normalized spacial score (nSPS) is 11.3. The fraction of sp³-hybridized carbons (Fsp3) is 0.273. The van der Waals surface area contributed by atoms with Crippen LogP contribution in [0, 0.1) is 11.8 Å². The zero-order valence-electron chi connectivity index (χ0n) is 7.74. The molecule has 0 bridgehead atoms. The van der Waals surface area contributed by atoms with Gasteiger partial charge >= 0.3 is 0 Å². The first-order valence-corrected chi connectivity index (χ1v) is 4.94. The monoisotopic (exact) mass is 192 g/mol. The molecule has 1 heterocycles. The van der Waals surface area contributed by atoms with Crippen LogP contribution < -0.4 is 0 Å². The van der Waals surface area contributed by atoms with Crippen molar-refractivity contribution in [2.75, 3.05) is 0 Å². The van der Waals surface area contributed by atoms with E-state index in [0.29, 0.717) is 0 Å². The lowest BCUT2D eigenvalue weighted by Crippen LogP contribution is -1.87. The van der Waals surface area contributed by atoms with Crippen LogP contribution in [0.1, 0.15) is 24.8 Å². The fourth-order valence-electron chi connectivity index (χ4n) is 0.783. The number of aliphatic hydroxyl groups excluding tert-OH is 1. The highest BCUT2D eigenvalue weighted by molar-refractivity contribution is 7.10. The summed E-state index contributed by atoms with van der Waals surface area (Å²) in [5, 5.41) is 11.5. The summed E-state index contributed by atoms with van der Waals surface area (Å²) < 4.78 is 0. The van der Waals surface area contributed by atoms with Gasteiger partial charge in [-0.15, -0.1) is 11.3 Å². The first kappa shape index (κ1) is 10.0. The van der Waals surface area contributed by atoms with Crippen LogP contribution in [0.3, 0.4) is 0 Å². The first-order chi connectivity index (χ1) is 6.20. The quantitative estimate of drug-likeness (QED) is 0.678. The van der Waals surface area contributed by atoms with E-state index < -0.39 is 6.10 Å². The van der Waals surface area contributed by atoms with Crippen molar-refractivity contribution in [2.24, 2.45) is 0 Å². The number of thiophene rings is 1. The molecule has 0 spiro atoms. The molecule has 0 aliphatic heterocycles. The van der Waals surface area contributed by atoms with E-state index in [-0.39, 0.29) is 0 Å². The third kappa shape index (κ3) is 3.45. The van der Waals surface area contributed by atoms with Gasteiger partial charge in [0, 0.05) is 4.88 Å². The maximum Gasteiger partial charge on any atom is 0.149 e. The van der Waals surface area contributed by atoms with E-state index in [2.05, 4.69) is 11.8 Å². The predicted octanol–water partition coefficient (Wildman–Crippen LogP) is 2.75. The van der Waals surface area contributed by atoms with Gasteiger partial charge in [-0.25, -0.2) is 0 Å². The number of rotatable bonds is 1. The second-order valence-corrected chi connectivity index (χ2v) is 3.91. The SMILES string of the molecule is CC(C)=CC#CC(O)c1cccs1. The molecule has 68 valence electrons. The summed E-state index contributed by atoms with van der Waals surface area (Å²) in [5.41, 5.74) is 1.14. The van der Waals surface area contributed by atoms with E-state index in [0.717, 1.165) is 10.5 Å². The second kappa shape index (κ2) is 4.86. The number of allylic oxidation sites excluding steroid dienone is 2.